The summed E-state index contributed by atoms with van der Waals surface area (Å²) in [6, 6.07) is 37.4. The molecule has 0 bridgehead atoms. The SMILES string of the molecule is [2H]c1c([2H])c([2H])c2c(-c3ccc4c(c3)-c3ccccc3C4(C)C)c3c([2H])c([2H])c([2H])c([2H])c3c(-c3ccc(-c4ccc5oc6c7ccccc7ccc6c5c4)cc3)c2c1[2H]. The van der Waals surface area contributed by atoms with Gasteiger partial charge in [0, 0.05) is 21.6 Å². The Hall–Kier alpha value is -6.44. The Bertz CT molecular complexity index is 3470. The molecule has 1 aromatic heterocycles. The molecule has 0 atom stereocenters. The van der Waals surface area contributed by atoms with Gasteiger partial charge in [0.1, 0.15) is 11.2 Å². The number of hydrogen-bond acceptors (Lipinski definition) is 1. The lowest BCUT2D eigenvalue weighted by Crippen LogP contribution is -2.14. The van der Waals surface area contributed by atoms with E-state index in [9.17, 15) is 5.48 Å². The van der Waals surface area contributed by atoms with Crippen molar-refractivity contribution in [1.29, 1.82) is 0 Å². The van der Waals surface area contributed by atoms with Gasteiger partial charge in [0.05, 0.1) is 11.0 Å². The topological polar surface area (TPSA) is 13.1 Å². The van der Waals surface area contributed by atoms with Gasteiger partial charge in [-0.2, -0.15) is 0 Å². The number of furan rings is 1. The monoisotopic (exact) mass is 670 g/mol. The van der Waals surface area contributed by atoms with Crippen molar-refractivity contribution in [2.45, 2.75) is 19.3 Å². The maximum Gasteiger partial charge on any atom is 0.143 e. The summed E-state index contributed by atoms with van der Waals surface area (Å²) >= 11 is 0. The van der Waals surface area contributed by atoms with Crippen molar-refractivity contribution in [1.82, 2.24) is 0 Å². The van der Waals surface area contributed by atoms with Crippen LogP contribution in [0.15, 0.2) is 174 Å². The van der Waals surface area contributed by atoms with E-state index in [1.807, 2.05) is 78.9 Å². The first-order valence-corrected chi connectivity index (χ1v) is 17.5. The van der Waals surface area contributed by atoms with Gasteiger partial charge in [-0.3, -0.25) is 0 Å². The molecule has 1 aliphatic carbocycles. The number of hydrogen-bond donors (Lipinski definition) is 0. The van der Waals surface area contributed by atoms with Crippen LogP contribution >= 0.6 is 0 Å². The van der Waals surface area contributed by atoms with Crippen LogP contribution < -0.4 is 0 Å². The fraction of sp³-hybridized carbons (Fsp3) is 0.0588. The summed E-state index contributed by atoms with van der Waals surface area (Å²) in [7, 11) is 0. The Morgan fingerprint density at radius 1 is 0.442 bits per heavy atom. The molecule has 11 rings (SSSR count). The van der Waals surface area contributed by atoms with Crippen molar-refractivity contribution in [3.05, 3.63) is 181 Å². The van der Waals surface area contributed by atoms with Crippen LogP contribution in [0.2, 0.25) is 0 Å². The minimum absolute atomic E-state index is 0.195. The fourth-order valence-corrected chi connectivity index (χ4v) is 8.59. The number of fused-ring (bicyclic) bond motifs is 10. The van der Waals surface area contributed by atoms with Crippen molar-refractivity contribution >= 4 is 54.3 Å². The highest BCUT2D eigenvalue weighted by molar-refractivity contribution is 6.22. The van der Waals surface area contributed by atoms with Gasteiger partial charge < -0.3 is 4.42 Å². The van der Waals surface area contributed by atoms with Crippen molar-refractivity contribution < 1.29 is 15.4 Å². The van der Waals surface area contributed by atoms with Crippen LogP contribution in [-0.2, 0) is 5.41 Å². The van der Waals surface area contributed by atoms with Gasteiger partial charge in [-0.1, -0.05) is 159 Å². The van der Waals surface area contributed by atoms with Crippen LogP contribution in [0, 0.1) is 0 Å². The second-order valence-corrected chi connectivity index (χ2v) is 14.2. The van der Waals surface area contributed by atoms with Crippen molar-refractivity contribution in [3.63, 3.8) is 0 Å². The largest absolute Gasteiger partial charge is 0.455 e. The van der Waals surface area contributed by atoms with E-state index in [0.29, 0.717) is 22.3 Å². The highest BCUT2D eigenvalue weighted by Crippen LogP contribution is 2.51. The molecule has 1 heterocycles. The van der Waals surface area contributed by atoms with E-state index in [1.165, 1.54) is 5.56 Å². The van der Waals surface area contributed by atoms with E-state index in [2.05, 4.69) is 56.3 Å². The third-order valence-corrected chi connectivity index (χ3v) is 11.1. The van der Waals surface area contributed by atoms with Crippen LogP contribution in [-0.4, -0.2) is 0 Å². The lowest BCUT2D eigenvalue weighted by atomic mass is 9.81. The van der Waals surface area contributed by atoms with Gasteiger partial charge in [-0.05, 0) is 107 Å². The zero-order chi connectivity index (χ0) is 41.5. The standard InChI is InChI=1S/C51H34O/c1-51(2)45-18-10-9-13-37(45)43-30-35(24-27-46(43)51)49-40-16-7-5-14-38(40)48(39-15-6-8-17-41(39)49)33-21-19-31(20-22-33)34-25-28-47-44(29-34)42-26-23-32-11-3-4-12-36(32)50(42)52-47/h3-30H,1-2H3/i5D,6D,7D,8D,14D,15D,16D,17D. The highest BCUT2D eigenvalue weighted by atomic mass is 16.3. The molecule has 52 heavy (non-hydrogen) atoms. The van der Waals surface area contributed by atoms with E-state index in [4.69, 9.17) is 9.90 Å². The average molecular weight is 671 g/mol. The molecule has 0 saturated carbocycles. The Morgan fingerprint density at radius 2 is 1.04 bits per heavy atom. The van der Waals surface area contributed by atoms with Gasteiger partial charge in [0.25, 0.3) is 0 Å². The normalized spacial score (nSPS) is 15.5. The number of benzene rings is 9. The molecule has 0 saturated heterocycles. The molecule has 10 aromatic rings. The van der Waals surface area contributed by atoms with Crippen molar-refractivity contribution in [2.24, 2.45) is 0 Å². The summed E-state index contributed by atoms with van der Waals surface area (Å²) in [5.74, 6) is 0. The molecule has 244 valence electrons. The second-order valence-electron chi connectivity index (χ2n) is 14.2. The summed E-state index contributed by atoms with van der Waals surface area (Å²) in [4.78, 5) is 0. The molecule has 9 aromatic carbocycles. The molecule has 0 fully saturated rings. The maximum absolute atomic E-state index is 9.41. The zero-order valence-corrected chi connectivity index (χ0v) is 28.5. The minimum atomic E-state index is -0.422. The summed E-state index contributed by atoms with van der Waals surface area (Å²) in [6.45, 7) is 4.35. The van der Waals surface area contributed by atoms with Crippen LogP contribution in [0.5, 0.6) is 0 Å². The summed E-state index contributed by atoms with van der Waals surface area (Å²) < 4.78 is 79.4. The van der Waals surface area contributed by atoms with Gasteiger partial charge >= 0.3 is 0 Å². The first-order chi connectivity index (χ1) is 28.9. The smallest absolute Gasteiger partial charge is 0.143 e. The summed E-state index contributed by atoms with van der Waals surface area (Å²) in [5, 5.41) is 4.94. The first-order valence-electron chi connectivity index (χ1n) is 21.5. The van der Waals surface area contributed by atoms with Crippen molar-refractivity contribution in [3.8, 4) is 44.5 Å². The third-order valence-electron chi connectivity index (χ3n) is 11.1. The van der Waals surface area contributed by atoms with Gasteiger partial charge in [0.15, 0.2) is 0 Å². The molecule has 1 nitrogen and oxygen atoms in total. The van der Waals surface area contributed by atoms with Crippen molar-refractivity contribution in [2.75, 3.05) is 0 Å². The number of rotatable bonds is 3. The van der Waals surface area contributed by atoms with E-state index in [-0.39, 0.29) is 51.1 Å². The Labute approximate surface area is 313 Å². The Morgan fingerprint density at radius 3 is 1.79 bits per heavy atom. The molecule has 0 amide bonds. The Balaban J connectivity index is 1.18. The second kappa shape index (κ2) is 10.8. The summed E-state index contributed by atoms with van der Waals surface area (Å²) in [6.07, 6.45) is 0. The summed E-state index contributed by atoms with van der Waals surface area (Å²) in [5.41, 5.74) is 9.30. The van der Waals surface area contributed by atoms with Gasteiger partial charge in [0.2, 0.25) is 0 Å². The molecular formula is C51H34O. The van der Waals surface area contributed by atoms with Crippen LogP contribution in [0.25, 0.3) is 98.8 Å². The molecule has 0 radical (unpaired) electrons. The zero-order valence-electron chi connectivity index (χ0n) is 36.5. The molecule has 1 aliphatic rings. The molecule has 0 aliphatic heterocycles. The van der Waals surface area contributed by atoms with Crippen LogP contribution in [0.3, 0.4) is 0 Å². The fourth-order valence-electron chi connectivity index (χ4n) is 8.59. The third kappa shape index (κ3) is 4.11. The minimum Gasteiger partial charge on any atom is -0.455 e. The predicted octanol–water partition coefficient (Wildman–Crippen LogP) is 14.4. The Kier molecular flexibility index (Phi) is 4.64. The quantitative estimate of drug-likeness (QED) is 0.171. The molecule has 1 heteroatoms. The lowest BCUT2D eigenvalue weighted by molar-refractivity contribution is 0.660. The molecule has 0 N–H and O–H groups in total. The lowest BCUT2D eigenvalue weighted by Gasteiger charge is -2.22. The first kappa shape index (κ1) is 22.4. The molecule has 0 unspecified atom stereocenters. The van der Waals surface area contributed by atoms with E-state index < -0.39 is 24.2 Å². The van der Waals surface area contributed by atoms with E-state index in [0.717, 1.165) is 60.5 Å². The van der Waals surface area contributed by atoms with Crippen LogP contribution in [0.4, 0.5) is 0 Å². The van der Waals surface area contributed by atoms with Gasteiger partial charge in [-0.25, -0.2) is 0 Å². The highest BCUT2D eigenvalue weighted by Gasteiger charge is 2.35. The predicted molar refractivity (Wildman–Crippen MR) is 220 cm³/mol. The molecule has 0 spiro atoms. The maximum atomic E-state index is 9.41. The van der Waals surface area contributed by atoms with Crippen LogP contribution in [0.1, 0.15) is 35.9 Å². The molecular weight excluding hydrogens is 629 g/mol. The average Bonchev–Trinajstić information content (AvgIpc) is 3.76. The van der Waals surface area contributed by atoms with E-state index >= 15 is 0 Å². The van der Waals surface area contributed by atoms with E-state index in [1.54, 1.807) is 0 Å². The van der Waals surface area contributed by atoms with Gasteiger partial charge in [-0.15, -0.1) is 0 Å².